The molecule has 1 N–H and O–H groups in total. The summed E-state index contributed by atoms with van der Waals surface area (Å²) in [6.07, 6.45) is 1.66. The van der Waals surface area contributed by atoms with Crippen molar-refractivity contribution in [3.8, 4) is 5.88 Å². The smallest absolute Gasteiger partial charge is 0.232 e. The molecule has 0 unspecified atom stereocenters. The van der Waals surface area contributed by atoms with Crippen molar-refractivity contribution < 1.29 is 4.74 Å². The van der Waals surface area contributed by atoms with Gasteiger partial charge in [0, 0.05) is 5.69 Å². The Balaban J connectivity index is 2.28. The lowest BCUT2D eigenvalue weighted by Gasteiger charge is -2.10. The van der Waals surface area contributed by atoms with Crippen LogP contribution in [0.4, 0.5) is 11.6 Å². The number of nitrogens with one attached hydrogen (secondary N) is 1. The third-order valence-electron chi connectivity index (χ3n) is 2.53. The van der Waals surface area contributed by atoms with Gasteiger partial charge in [-0.2, -0.15) is 4.98 Å². The van der Waals surface area contributed by atoms with E-state index in [2.05, 4.69) is 44.2 Å². The first-order valence-electron chi connectivity index (χ1n) is 5.51. The molecule has 2 aromatic rings. The Morgan fingerprint density at radius 3 is 2.72 bits per heavy atom. The van der Waals surface area contributed by atoms with Crippen LogP contribution in [0, 0.1) is 13.8 Å². The van der Waals surface area contributed by atoms with E-state index in [4.69, 9.17) is 4.74 Å². The maximum Gasteiger partial charge on any atom is 0.232 e. The molecule has 0 aliphatic carbocycles. The van der Waals surface area contributed by atoms with Crippen LogP contribution in [0.1, 0.15) is 11.1 Å². The molecular formula is C13H14BrN3O. The first-order valence-corrected chi connectivity index (χ1v) is 6.30. The molecule has 0 aliphatic heterocycles. The zero-order valence-electron chi connectivity index (χ0n) is 10.5. The quantitative estimate of drug-likeness (QED) is 0.941. The third kappa shape index (κ3) is 2.79. The maximum atomic E-state index is 5.13. The summed E-state index contributed by atoms with van der Waals surface area (Å²) in [7, 11) is 1.58. The topological polar surface area (TPSA) is 47.0 Å². The summed E-state index contributed by atoms with van der Waals surface area (Å²) in [6, 6.07) is 6.17. The Morgan fingerprint density at radius 2 is 2.06 bits per heavy atom. The predicted molar refractivity (Wildman–Crippen MR) is 75.5 cm³/mol. The predicted octanol–water partition coefficient (Wildman–Crippen LogP) is 3.61. The minimum atomic E-state index is 0.511. The van der Waals surface area contributed by atoms with Crippen LogP contribution in [0.25, 0.3) is 0 Å². The molecule has 5 heteroatoms. The van der Waals surface area contributed by atoms with E-state index in [0.717, 1.165) is 15.7 Å². The van der Waals surface area contributed by atoms with E-state index in [-0.39, 0.29) is 0 Å². The van der Waals surface area contributed by atoms with Crippen molar-refractivity contribution in [3.05, 3.63) is 40.0 Å². The number of anilines is 2. The zero-order valence-corrected chi connectivity index (χ0v) is 12.1. The molecule has 0 saturated carbocycles. The minimum absolute atomic E-state index is 0.511. The molecular weight excluding hydrogens is 294 g/mol. The number of benzene rings is 1. The van der Waals surface area contributed by atoms with E-state index in [1.54, 1.807) is 13.3 Å². The van der Waals surface area contributed by atoms with Gasteiger partial charge < -0.3 is 10.1 Å². The molecule has 0 radical (unpaired) electrons. The van der Waals surface area contributed by atoms with E-state index in [1.165, 1.54) is 5.56 Å². The summed E-state index contributed by atoms with van der Waals surface area (Å²) < 4.78 is 5.87. The molecule has 1 heterocycles. The average Bonchev–Trinajstić information content (AvgIpc) is 2.35. The third-order valence-corrected chi connectivity index (χ3v) is 3.08. The number of halogens is 1. The fraction of sp³-hybridized carbons (Fsp3) is 0.231. The van der Waals surface area contributed by atoms with Crippen LogP contribution in [0.15, 0.2) is 28.9 Å². The van der Waals surface area contributed by atoms with Crippen molar-refractivity contribution in [1.29, 1.82) is 0 Å². The average molecular weight is 308 g/mol. The second-order valence-electron chi connectivity index (χ2n) is 3.99. The van der Waals surface area contributed by atoms with E-state index in [1.807, 2.05) is 19.1 Å². The second-order valence-corrected chi connectivity index (χ2v) is 4.85. The van der Waals surface area contributed by atoms with Gasteiger partial charge in [0.25, 0.3) is 0 Å². The zero-order chi connectivity index (χ0) is 13.1. The normalized spacial score (nSPS) is 10.2. The summed E-state index contributed by atoms with van der Waals surface area (Å²) in [4.78, 5) is 8.45. The van der Waals surface area contributed by atoms with Crippen LogP contribution >= 0.6 is 15.9 Å². The van der Waals surface area contributed by atoms with Crippen LogP contribution in [-0.4, -0.2) is 17.1 Å². The van der Waals surface area contributed by atoms with Gasteiger partial charge in [-0.25, -0.2) is 4.98 Å². The van der Waals surface area contributed by atoms with Crippen molar-refractivity contribution in [2.75, 3.05) is 12.4 Å². The fourth-order valence-electron chi connectivity index (χ4n) is 1.63. The Bertz CT molecular complexity index is 572. The number of hydrogen-bond acceptors (Lipinski definition) is 4. The van der Waals surface area contributed by atoms with Gasteiger partial charge in [-0.15, -0.1) is 0 Å². The molecule has 1 aromatic heterocycles. The molecule has 4 nitrogen and oxygen atoms in total. The van der Waals surface area contributed by atoms with E-state index >= 15 is 0 Å². The van der Waals surface area contributed by atoms with Gasteiger partial charge in [0.1, 0.15) is 0 Å². The number of hydrogen-bond donors (Lipinski definition) is 1. The highest BCUT2D eigenvalue weighted by Gasteiger charge is 2.06. The summed E-state index contributed by atoms with van der Waals surface area (Å²) in [5.74, 6) is 1.03. The van der Waals surface area contributed by atoms with Crippen LogP contribution in [-0.2, 0) is 0 Å². The Morgan fingerprint density at radius 1 is 1.28 bits per heavy atom. The second kappa shape index (κ2) is 5.35. The molecule has 94 valence electrons. The van der Waals surface area contributed by atoms with Crippen molar-refractivity contribution in [1.82, 2.24) is 9.97 Å². The highest BCUT2D eigenvalue weighted by atomic mass is 79.9. The molecule has 0 atom stereocenters. The number of ether oxygens (including phenoxy) is 1. The van der Waals surface area contributed by atoms with Gasteiger partial charge in [-0.3, -0.25) is 0 Å². The Labute approximate surface area is 115 Å². The van der Waals surface area contributed by atoms with Crippen LogP contribution in [0.2, 0.25) is 0 Å². The standard InChI is InChI=1S/C13H14BrN3O/c1-8-4-5-11(9(2)6-8)16-13-15-7-10(14)12(17-13)18-3/h4-7H,1-3H3,(H,15,16,17). The highest BCUT2D eigenvalue weighted by Crippen LogP contribution is 2.24. The van der Waals surface area contributed by atoms with E-state index in [0.29, 0.717) is 11.8 Å². The van der Waals surface area contributed by atoms with Crippen molar-refractivity contribution >= 4 is 27.6 Å². The van der Waals surface area contributed by atoms with Gasteiger partial charge >= 0.3 is 0 Å². The van der Waals surface area contributed by atoms with Crippen LogP contribution < -0.4 is 10.1 Å². The highest BCUT2D eigenvalue weighted by molar-refractivity contribution is 9.10. The lowest BCUT2D eigenvalue weighted by atomic mass is 10.1. The van der Waals surface area contributed by atoms with Crippen LogP contribution in [0.5, 0.6) is 5.88 Å². The van der Waals surface area contributed by atoms with E-state index in [9.17, 15) is 0 Å². The Hall–Kier alpha value is -1.62. The molecule has 2 rings (SSSR count). The SMILES string of the molecule is COc1nc(Nc2ccc(C)cc2C)ncc1Br. The molecule has 0 aliphatic rings. The molecule has 0 spiro atoms. The summed E-state index contributed by atoms with van der Waals surface area (Å²) >= 11 is 3.32. The number of nitrogens with zero attached hydrogens (tertiary/aromatic N) is 2. The summed E-state index contributed by atoms with van der Waals surface area (Å²) in [6.45, 7) is 4.11. The summed E-state index contributed by atoms with van der Waals surface area (Å²) in [5, 5.41) is 3.18. The maximum absolute atomic E-state index is 5.13. The lowest BCUT2D eigenvalue weighted by molar-refractivity contribution is 0.394. The lowest BCUT2D eigenvalue weighted by Crippen LogP contribution is -2.00. The molecule has 0 fully saturated rings. The van der Waals surface area contributed by atoms with Gasteiger partial charge in [-0.05, 0) is 41.4 Å². The number of aryl methyl sites for hydroxylation is 2. The van der Waals surface area contributed by atoms with Crippen molar-refractivity contribution in [2.24, 2.45) is 0 Å². The Kier molecular flexibility index (Phi) is 3.81. The van der Waals surface area contributed by atoms with Crippen LogP contribution in [0.3, 0.4) is 0 Å². The molecule has 1 aromatic carbocycles. The first-order chi connectivity index (χ1) is 8.60. The van der Waals surface area contributed by atoms with E-state index < -0.39 is 0 Å². The van der Waals surface area contributed by atoms with Gasteiger partial charge in [0.2, 0.25) is 11.8 Å². The number of rotatable bonds is 3. The minimum Gasteiger partial charge on any atom is -0.480 e. The first kappa shape index (κ1) is 12.8. The van der Waals surface area contributed by atoms with Crippen molar-refractivity contribution in [3.63, 3.8) is 0 Å². The molecule has 0 amide bonds. The monoisotopic (exact) mass is 307 g/mol. The molecule has 18 heavy (non-hydrogen) atoms. The number of methoxy groups -OCH3 is 1. The van der Waals surface area contributed by atoms with Crippen molar-refractivity contribution in [2.45, 2.75) is 13.8 Å². The van der Waals surface area contributed by atoms with Gasteiger partial charge in [-0.1, -0.05) is 17.7 Å². The van der Waals surface area contributed by atoms with Gasteiger partial charge in [0.15, 0.2) is 0 Å². The van der Waals surface area contributed by atoms with Gasteiger partial charge in [0.05, 0.1) is 17.8 Å². The molecule has 0 bridgehead atoms. The summed E-state index contributed by atoms with van der Waals surface area (Å²) in [5.41, 5.74) is 3.37. The largest absolute Gasteiger partial charge is 0.480 e. The molecule has 0 saturated heterocycles. The fourth-order valence-corrected chi connectivity index (χ4v) is 1.98. The number of aromatic nitrogens is 2.